The molecule has 1 N–H and O–H groups in total. The van der Waals surface area contributed by atoms with E-state index in [0.717, 1.165) is 15.6 Å². The second-order valence-electron chi connectivity index (χ2n) is 6.38. The molecule has 1 aromatic heterocycles. The van der Waals surface area contributed by atoms with Crippen molar-refractivity contribution in [2.24, 2.45) is 0 Å². The summed E-state index contributed by atoms with van der Waals surface area (Å²) in [7, 11) is 1.55. The number of nitrogens with zero attached hydrogens (tertiary/aromatic N) is 4. The zero-order valence-corrected chi connectivity index (χ0v) is 17.0. The first-order chi connectivity index (χ1) is 14.1. The van der Waals surface area contributed by atoms with Gasteiger partial charge in [0.2, 0.25) is 11.9 Å². The van der Waals surface area contributed by atoms with Crippen molar-refractivity contribution in [1.29, 1.82) is 5.26 Å². The summed E-state index contributed by atoms with van der Waals surface area (Å²) in [6, 6.07) is 12.7. The molecule has 1 amide bonds. The third-order valence-electron chi connectivity index (χ3n) is 4.66. The molecule has 2 heterocycles. The van der Waals surface area contributed by atoms with Crippen LogP contribution in [0.5, 0.6) is 11.5 Å². The smallest absolute Gasteiger partial charge is 0.229 e. The van der Waals surface area contributed by atoms with Gasteiger partial charge in [-0.3, -0.25) is 10.1 Å². The Morgan fingerprint density at radius 3 is 2.97 bits per heavy atom. The number of nitrogens with one attached hydrogen (secondary N) is 1. The molecular weight excluding hydrogens is 438 g/mol. The van der Waals surface area contributed by atoms with Gasteiger partial charge in [0.15, 0.2) is 11.5 Å². The number of nitriles is 1. The molecule has 29 heavy (non-hydrogen) atoms. The van der Waals surface area contributed by atoms with Gasteiger partial charge in [-0.15, -0.1) is 0 Å². The van der Waals surface area contributed by atoms with Crippen LogP contribution in [0.4, 0.5) is 5.95 Å². The van der Waals surface area contributed by atoms with Gasteiger partial charge in [-0.2, -0.15) is 15.3 Å². The Balaban J connectivity index is 1.65. The van der Waals surface area contributed by atoms with Crippen molar-refractivity contribution in [3.8, 4) is 17.6 Å². The van der Waals surface area contributed by atoms with Gasteiger partial charge < -0.3 is 9.47 Å². The Kier molecular flexibility index (Phi) is 5.18. The molecule has 1 atom stereocenters. The van der Waals surface area contributed by atoms with Gasteiger partial charge in [0, 0.05) is 10.0 Å². The SMILES string of the molecule is COc1cc([C@@H]2CC(=O)Nc3ncnn32)c(Br)cc1OCc1ccccc1C#N. The van der Waals surface area contributed by atoms with Gasteiger partial charge in [-0.1, -0.05) is 34.1 Å². The van der Waals surface area contributed by atoms with Gasteiger partial charge in [0.25, 0.3) is 0 Å². The minimum atomic E-state index is -0.321. The number of carbonyl (C=O) groups excluding carboxylic acids is 1. The standard InChI is InChI=1S/C20H16BrN5O3/c1-28-17-6-14(16-8-19(27)25-20-23-11-24-26(16)20)15(21)7-18(17)29-10-13-5-3-2-4-12(13)9-22/h2-7,11,16H,8,10H2,1H3,(H,23,24,25,27)/t16-/m0/s1. The quantitative estimate of drug-likeness (QED) is 0.634. The van der Waals surface area contributed by atoms with E-state index in [0.29, 0.717) is 23.0 Å². The number of hydrogen-bond donors (Lipinski definition) is 1. The molecule has 0 bridgehead atoms. The second-order valence-corrected chi connectivity index (χ2v) is 7.23. The molecule has 2 aromatic carbocycles. The summed E-state index contributed by atoms with van der Waals surface area (Å²) in [5, 5.41) is 16.2. The summed E-state index contributed by atoms with van der Waals surface area (Å²) >= 11 is 3.58. The number of fused-ring (bicyclic) bond motifs is 1. The molecule has 4 rings (SSSR count). The van der Waals surface area contributed by atoms with E-state index in [1.807, 2.05) is 24.3 Å². The molecule has 146 valence electrons. The lowest BCUT2D eigenvalue weighted by Gasteiger charge is -2.25. The van der Waals surface area contributed by atoms with Crippen LogP contribution in [0.2, 0.25) is 0 Å². The van der Waals surface area contributed by atoms with E-state index in [1.165, 1.54) is 6.33 Å². The zero-order chi connectivity index (χ0) is 20.4. The molecule has 0 fully saturated rings. The van der Waals surface area contributed by atoms with Crippen molar-refractivity contribution in [1.82, 2.24) is 14.8 Å². The van der Waals surface area contributed by atoms with Crippen molar-refractivity contribution in [2.45, 2.75) is 19.1 Å². The van der Waals surface area contributed by atoms with Gasteiger partial charge in [-0.25, -0.2) is 4.68 Å². The number of anilines is 1. The van der Waals surface area contributed by atoms with Crippen molar-refractivity contribution in [3.63, 3.8) is 0 Å². The number of aromatic nitrogens is 3. The highest BCUT2D eigenvalue weighted by Gasteiger charge is 2.30. The van der Waals surface area contributed by atoms with Crippen LogP contribution in [0.1, 0.15) is 29.2 Å². The highest BCUT2D eigenvalue weighted by atomic mass is 79.9. The molecule has 0 radical (unpaired) electrons. The predicted molar refractivity (Wildman–Crippen MR) is 108 cm³/mol. The lowest BCUT2D eigenvalue weighted by molar-refractivity contribution is -0.117. The van der Waals surface area contributed by atoms with Crippen molar-refractivity contribution in [3.05, 3.63) is 63.9 Å². The highest BCUT2D eigenvalue weighted by Crippen LogP contribution is 2.40. The number of methoxy groups -OCH3 is 1. The zero-order valence-electron chi connectivity index (χ0n) is 15.4. The number of halogens is 1. The van der Waals surface area contributed by atoms with Crippen LogP contribution in [0, 0.1) is 11.3 Å². The number of benzene rings is 2. The molecular formula is C20H16BrN5O3. The summed E-state index contributed by atoms with van der Waals surface area (Å²) < 4.78 is 13.9. The fourth-order valence-corrected chi connectivity index (χ4v) is 3.82. The molecule has 0 aliphatic carbocycles. The molecule has 9 heteroatoms. The molecule has 0 unspecified atom stereocenters. The normalized spacial score (nSPS) is 15.2. The number of amides is 1. The Labute approximate surface area is 175 Å². The van der Waals surface area contributed by atoms with E-state index < -0.39 is 0 Å². The maximum absolute atomic E-state index is 12.1. The molecule has 0 saturated carbocycles. The van der Waals surface area contributed by atoms with Gasteiger partial charge in [0.1, 0.15) is 12.9 Å². The number of ether oxygens (including phenoxy) is 2. The van der Waals surface area contributed by atoms with E-state index in [9.17, 15) is 10.1 Å². The molecule has 0 saturated heterocycles. The monoisotopic (exact) mass is 453 g/mol. The predicted octanol–water partition coefficient (Wildman–Crippen LogP) is 3.43. The summed E-state index contributed by atoms with van der Waals surface area (Å²) in [6.07, 6.45) is 1.64. The Morgan fingerprint density at radius 2 is 2.17 bits per heavy atom. The van der Waals surface area contributed by atoms with Crippen molar-refractivity contribution in [2.75, 3.05) is 12.4 Å². The van der Waals surface area contributed by atoms with Gasteiger partial charge >= 0.3 is 0 Å². The third kappa shape index (κ3) is 3.67. The summed E-state index contributed by atoms with van der Waals surface area (Å²) in [4.78, 5) is 16.1. The molecule has 1 aliphatic rings. The first-order valence-corrected chi connectivity index (χ1v) is 9.57. The molecule has 8 nitrogen and oxygen atoms in total. The van der Waals surface area contributed by atoms with Crippen LogP contribution in [-0.2, 0) is 11.4 Å². The fraction of sp³-hybridized carbons (Fsp3) is 0.200. The minimum absolute atomic E-state index is 0.130. The summed E-state index contributed by atoms with van der Waals surface area (Å²) in [6.45, 7) is 0.227. The van der Waals surface area contributed by atoms with Crippen LogP contribution in [0.3, 0.4) is 0 Å². The van der Waals surface area contributed by atoms with Crippen molar-refractivity contribution < 1.29 is 14.3 Å². The van der Waals surface area contributed by atoms with Crippen LogP contribution in [-0.4, -0.2) is 27.8 Å². The first-order valence-electron chi connectivity index (χ1n) is 8.78. The fourth-order valence-electron chi connectivity index (χ4n) is 3.24. The topological polar surface area (TPSA) is 102 Å². The largest absolute Gasteiger partial charge is 0.493 e. The van der Waals surface area contributed by atoms with E-state index in [1.54, 1.807) is 23.9 Å². The van der Waals surface area contributed by atoms with Crippen LogP contribution < -0.4 is 14.8 Å². The van der Waals surface area contributed by atoms with E-state index in [2.05, 4.69) is 37.4 Å². The lowest BCUT2D eigenvalue weighted by Crippen LogP contribution is -2.29. The van der Waals surface area contributed by atoms with Crippen LogP contribution in [0.15, 0.2) is 47.2 Å². The number of carbonyl (C=O) groups is 1. The second kappa shape index (κ2) is 7.93. The molecule has 0 spiro atoms. The third-order valence-corrected chi connectivity index (χ3v) is 5.35. The van der Waals surface area contributed by atoms with E-state index in [-0.39, 0.29) is 25.0 Å². The number of rotatable bonds is 5. The highest BCUT2D eigenvalue weighted by molar-refractivity contribution is 9.10. The van der Waals surface area contributed by atoms with Crippen LogP contribution >= 0.6 is 15.9 Å². The van der Waals surface area contributed by atoms with Crippen LogP contribution in [0.25, 0.3) is 0 Å². The summed E-state index contributed by atoms with van der Waals surface area (Å²) in [5.74, 6) is 1.32. The Morgan fingerprint density at radius 1 is 1.34 bits per heavy atom. The molecule has 1 aliphatic heterocycles. The van der Waals surface area contributed by atoms with E-state index in [4.69, 9.17) is 9.47 Å². The van der Waals surface area contributed by atoms with Gasteiger partial charge in [-0.05, 0) is 23.8 Å². The number of hydrogen-bond acceptors (Lipinski definition) is 6. The lowest BCUT2D eigenvalue weighted by atomic mass is 10.0. The van der Waals surface area contributed by atoms with Gasteiger partial charge in [0.05, 0.1) is 31.2 Å². The maximum atomic E-state index is 12.1. The summed E-state index contributed by atoms with van der Waals surface area (Å²) in [5.41, 5.74) is 2.18. The average molecular weight is 454 g/mol. The Bertz CT molecular complexity index is 1120. The maximum Gasteiger partial charge on any atom is 0.229 e. The Hall–Kier alpha value is -3.38. The first kappa shape index (κ1) is 19.0. The van der Waals surface area contributed by atoms with Crippen molar-refractivity contribution >= 4 is 27.8 Å². The van der Waals surface area contributed by atoms with E-state index >= 15 is 0 Å². The average Bonchev–Trinajstić information content (AvgIpc) is 3.20. The minimum Gasteiger partial charge on any atom is -0.493 e. The molecule has 3 aromatic rings.